The van der Waals surface area contributed by atoms with Gasteiger partial charge in [0.05, 0.1) is 23.3 Å². The number of nitriles is 1. The molecule has 0 unspecified atom stereocenters. The van der Waals surface area contributed by atoms with E-state index in [2.05, 4.69) is 11.1 Å². The molecule has 15 heavy (non-hydrogen) atoms. The molecule has 0 amide bonds. The van der Waals surface area contributed by atoms with E-state index in [1.54, 1.807) is 6.33 Å². The maximum Gasteiger partial charge on any atom is 0.101 e. The summed E-state index contributed by atoms with van der Waals surface area (Å²) in [5, 5.41) is 9.03. The maximum atomic E-state index is 9.03. The first-order chi connectivity index (χ1) is 7.20. The molecule has 1 heterocycles. The van der Waals surface area contributed by atoms with Crippen molar-refractivity contribution >= 4 is 0 Å². The predicted molar refractivity (Wildman–Crippen MR) is 57.8 cm³/mol. The Balaban J connectivity index is 2.58. The summed E-state index contributed by atoms with van der Waals surface area (Å²) in [5.74, 6) is 0. The van der Waals surface area contributed by atoms with Crippen LogP contribution < -0.4 is 0 Å². The standard InChI is InChI=1S/C12H11N3/c1-9-3-4-12(11(5-9)6-13)15-7-10(2)14-8-15/h3-5,7-8H,1-2H3. The number of imidazole rings is 1. The van der Waals surface area contributed by atoms with Crippen LogP contribution in [0.1, 0.15) is 16.8 Å². The summed E-state index contributed by atoms with van der Waals surface area (Å²) < 4.78 is 1.87. The van der Waals surface area contributed by atoms with E-state index >= 15 is 0 Å². The van der Waals surface area contributed by atoms with Crippen LogP contribution in [0, 0.1) is 25.2 Å². The number of nitrogens with zero attached hydrogens (tertiary/aromatic N) is 3. The lowest BCUT2D eigenvalue weighted by Gasteiger charge is -2.04. The molecule has 3 nitrogen and oxygen atoms in total. The molecule has 0 radical (unpaired) electrons. The zero-order chi connectivity index (χ0) is 10.8. The molecule has 0 saturated heterocycles. The molecule has 0 aliphatic rings. The predicted octanol–water partition coefficient (Wildman–Crippen LogP) is 2.36. The molecule has 0 atom stereocenters. The average Bonchev–Trinajstić information content (AvgIpc) is 2.64. The highest BCUT2D eigenvalue weighted by molar-refractivity contribution is 5.50. The number of aromatic nitrogens is 2. The summed E-state index contributed by atoms with van der Waals surface area (Å²) >= 11 is 0. The van der Waals surface area contributed by atoms with Gasteiger partial charge in [-0.1, -0.05) is 6.07 Å². The third-order valence-corrected chi connectivity index (χ3v) is 2.26. The van der Waals surface area contributed by atoms with Crippen LogP contribution in [0.15, 0.2) is 30.7 Å². The Morgan fingerprint density at radius 3 is 2.73 bits per heavy atom. The quantitative estimate of drug-likeness (QED) is 0.704. The Labute approximate surface area is 88.6 Å². The first kappa shape index (κ1) is 9.47. The van der Waals surface area contributed by atoms with Gasteiger partial charge in [-0.3, -0.25) is 0 Å². The Bertz CT molecular complexity index is 532. The highest BCUT2D eigenvalue weighted by atomic mass is 15.0. The van der Waals surface area contributed by atoms with Crippen molar-refractivity contribution in [3.05, 3.63) is 47.5 Å². The Kier molecular flexibility index (Phi) is 2.26. The zero-order valence-electron chi connectivity index (χ0n) is 8.73. The minimum Gasteiger partial charge on any atom is -0.305 e. The molecular formula is C12H11N3. The van der Waals surface area contributed by atoms with E-state index in [0.29, 0.717) is 5.56 Å². The molecule has 1 aromatic carbocycles. The van der Waals surface area contributed by atoms with Crippen LogP contribution in [0.4, 0.5) is 0 Å². The van der Waals surface area contributed by atoms with Gasteiger partial charge in [-0.15, -0.1) is 0 Å². The van der Waals surface area contributed by atoms with Crippen molar-refractivity contribution < 1.29 is 0 Å². The maximum absolute atomic E-state index is 9.03. The Morgan fingerprint density at radius 2 is 2.13 bits per heavy atom. The molecule has 0 spiro atoms. The van der Waals surface area contributed by atoms with Crippen molar-refractivity contribution in [3.63, 3.8) is 0 Å². The van der Waals surface area contributed by atoms with Gasteiger partial charge < -0.3 is 4.57 Å². The van der Waals surface area contributed by atoms with Gasteiger partial charge in [0.15, 0.2) is 0 Å². The van der Waals surface area contributed by atoms with Crippen LogP contribution in [-0.2, 0) is 0 Å². The summed E-state index contributed by atoms with van der Waals surface area (Å²) in [6.45, 7) is 3.90. The number of hydrogen-bond donors (Lipinski definition) is 0. The molecule has 74 valence electrons. The molecule has 2 aromatic rings. The molecular weight excluding hydrogens is 186 g/mol. The summed E-state index contributed by atoms with van der Waals surface area (Å²) in [6.07, 6.45) is 3.63. The van der Waals surface area contributed by atoms with E-state index in [1.807, 2.05) is 42.8 Å². The summed E-state index contributed by atoms with van der Waals surface area (Å²) in [7, 11) is 0. The first-order valence-corrected chi connectivity index (χ1v) is 4.72. The number of hydrogen-bond acceptors (Lipinski definition) is 2. The molecule has 1 aromatic heterocycles. The van der Waals surface area contributed by atoms with Crippen molar-refractivity contribution in [1.82, 2.24) is 9.55 Å². The van der Waals surface area contributed by atoms with Crippen LogP contribution in [0.25, 0.3) is 5.69 Å². The second-order valence-corrected chi connectivity index (χ2v) is 3.55. The zero-order valence-corrected chi connectivity index (χ0v) is 8.73. The highest BCUT2D eigenvalue weighted by Crippen LogP contribution is 2.15. The lowest BCUT2D eigenvalue weighted by molar-refractivity contribution is 1.05. The summed E-state index contributed by atoms with van der Waals surface area (Å²) in [4.78, 5) is 4.14. The molecule has 2 rings (SSSR count). The van der Waals surface area contributed by atoms with Crippen LogP contribution in [0.3, 0.4) is 0 Å². The third-order valence-electron chi connectivity index (χ3n) is 2.26. The van der Waals surface area contributed by atoms with Crippen molar-refractivity contribution in [2.24, 2.45) is 0 Å². The minimum atomic E-state index is 0.674. The average molecular weight is 197 g/mol. The number of rotatable bonds is 1. The van der Waals surface area contributed by atoms with Crippen LogP contribution in [-0.4, -0.2) is 9.55 Å². The number of benzene rings is 1. The monoisotopic (exact) mass is 197 g/mol. The van der Waals surface area contributed by atoms with Gasteiger partial charge in [-0.05, 0) is 31.5 Å². The van der Waals surface area contributed by atoms with Crippen LogP contribution in [0.5, 0.6) is 0 Å². The second-order valence-electron chi connectivity index (χ2n) is 3.55. The van der Waals surface area contributed by atoms with E-state index in [1.165, 1.54) is 0 Å². The van der Waals surface area contributed by atoms with E-state index in [0.717, 1.165) is 16.9 Å². The van der Waals surface area contributed by atoms with Crippen molar-refractivity contribution in [2.75, 3.05) is 0 Å². The van der Waals surface area contributed by atoms with Gasteiger partial charge in [0.25, 0.3) is 0 Å². The molecule has 0 fully saturated rings. The van der Waals surface area contributed by atoms with Gasteiger partial charge in [0.1, 0.15) is 6.07 Å². The van der Waals surface area contributed by atoms with E-state index < -0.39 is 0 Å². The smallest absolute Gasteiger partial charge is 0.101 e. The number of aryl methyl sites for hydroxylation is 2. The third kappa shape index (κ3) is 1.75. The summed E-state index contributed by atoms with van der Waals surface area (Å²) in [6, 6.07) is 8.01. The minimum absolute atomic E-state index is 0.674. The fourth-order valence-corrected chi connectivity index (χ4v) is 1.52. The fraction of sp³-hybridized carbons (Fsp3) is 0.167. The fourth-order valence-electron chi connectivity index (χ4n) is 1.52. The van der Waals surface area contributed by atoms with Crippen LogP contribution >= 0.6 is 0 Å². The van der Waals surface area contributed by atoms with Crippen molar-refractivity contribution in [3.8, 4) is 11.8 Å². The lowest BCUT2D eigenvalue weighted by Crippen LogP contribution is -1.94. The second kappa shape index (κ2) is 3.58. The topological polar surface area (TPSA) is 41.6 Å². The molecule has 0 aliphatic carbocycles. The van der Waals surface area contributed by atoms with Gasteiger partial charge in [-0.2, -0.15) is 5.26 Å². The molecule has 0 bridgehead atoms. The van der Waals surface area contributed by atoms with E-state index in [-0.39, 0.29) is 0 Å². The van der Waals surface area contributed by atoms with Gasteiger partial charge >= 0.3 is 0 Å². The van der Waals surface area contributed by atoms with Crippen LogP contribution in [0.2, 0.25) is 0 Å². The highest BCUT2D eigenvalue weighted by Gasteiger charge is 2.04. The van der Waals surface area contributed by atoms with Crippen molar-refractivity contribution in [2.45, 2.75) is 13.8 Å². The van der Waals surface area contributed by atoms with Gasteiger partial charge in [0, 0.05) is 6.20 Å². The van der Waals surface area contributed by atoms with Crippen molar-refractivity contribution in [1.29, 1.82) is 5.26 Å². The molecule has 0 N–H and O–H groups in total. The molecule has 0 aliphatic heterocycles. The largest absolute Gasteiger partial charge is 0.305 e. The molecule has 0 saturated carbocycles. The normalized spacial score (nSPS) is 9.93. The van der Waals surface area contributed by atoms with Gasteiger partial charge in [0.2, 0.25) is 0 Å². The molecule has 3 heteroatoms. The first-order valence-electron chi connectivity index (χ1n) is 4.72. The Hall–Kier alpha value is -2.08. The van der Waals surface area contributed by atoms with E-state index in [9.17, 15) is 0 Å². The SMILES string of the molecule is Cc1ccc(-n2cnc(C)c2)c(C#N)c1. The summed E-state index contributed by atoms with van der Waals surface area (Å²) in [5.41, 5.74) is 3.59. The lowest BCUT2D eigenvalue weighted by atomic mass is 10.1. The Morgan fingerprint density at radius 1 is 1.33 bits per heavy atom. The van der Waals surface area contributed by atoms with Gasteiger partial charge in [-0.25, -0.2) is 4.98 Å². The van der Waals surface area contributed by atoms with E-state index in [4.69, 9.17) is 5.26 Å².